The van der Waals surface area contributed by atoms with Crippen molar-refractivity contribution < 1.29 is 5.21 Å². The Morgan fingerprint density at radius 1 is 1.44 bits per heavy atom. The quantitative estimate of drug-likeness (QED) is 0.323. The highest BCUT2D eigenvalue weighted by atomic mass is 16.4. The third kappa shape index (κ3) is 2.82. The molecule has 0 heterocycles. The van der Waals surface area contributed by atoms with Gasteiger partial charge in [0.05, 0.1) is 5.92 Å². The number of nitrogens with one attached hydrogen (secondary N) is 1. The van der Waals surface area contributed by atoms with Gasteiger partial charge in [-0.15, -0.1) is 0 Å². The molecule has 0 spiro atoms. The fourth-order valence-electron chi connectivity index (χ4n) is 2.38. The molecular weight excluding hydrogens is 226 g/mol. The van der Waals surface area contributed by atoms with Crippen LogP contribution >= 0.6 is 0 Å². The van der Waals surface area contributed by atoms with E-state index in [4.69, 9.17) is 10.9 Å². The van der Waals surface area contributed by atoms with Gasteiger partial charge >= 0.3 is 0 Å². The molecule has 1 aliphatic rings. The number of benzene rings is 1. The number of rotatable bonds is 5. The normalized spacial score (nSPS) is 20.2. The van der Waals surface area contributed by atoms with E-state index in [9.17, 15) is 0 Å². The Balaban J connectivity index is 2.06. The molecule has 0 bridgehead atoms. The van der Waals surface area contributed by atoms with Crippen LogP contribution in [-0.4, -0.2) is 23.1 Å². The summed E-state index contributed by atoms with van der Waals surface area (Å²) in [7, 11) is 0. The lowest BCUT2D eigenvalue weighted by Crippen LogP contribution is -2.50. The van der Waals surface area contributed by atoms with E-state index in [1.165, 1.54) is 19.3 Å². The van der Waals surface area contributed by atoms with Crippen molar-refractivity contribution in [3.63, 3.8) is 0 Å². The third-order valence-corrected chi connectivity index (χ3v) is 3.86. The van der Waals surface area contributed by atoms with Crippen molar-refractivity contribution >= 4 is 5.84 Å². The van der Waals surface area contributed by atoms with Crippen molar-refractivity contribution in [1.82, 2.24) is 5.32 Å². The highest BCUT2D eigenvalue weighted by molar-refractivity contribution is 5.87. The molecule has 0 amide bonds. The second-order valence-electron chi connectivity index (χ2n) is 5.28. The summed E-state index contributed by atoms with van der Waals surface area (Å²) in [6.07, 6.45) is 3.68. The first-order valence-electron chi connectivity index (χ1n) is 6.42. The largest absolute Gasteiger partial charge is 0.409 e. The van der Waals surface area contributed by atoms with Crippen LogP contribution in [0.2, 0.25) is 0 Å². The fourth-order valence-corrected chi connectivity index (χ4v) is 2.38. The van der Waals surface area contributed by atoms with Gasteiger partial charge in [-0.1, -0.05) is 35.5 Å². The van der Waals surface area contributed by atoms with Gasteiger partial charge in [-0.2, -0.15) is 0 Å². The average molecular weight is 247 g/mol. The van der Waals surface area contributed by atoms with Gasteiger partial charge < -0.3 is 16.3 Å². The zero-order chi connectivity index (χ0) is 13.0. The summed E-state index contributed by atoms with van der Waals surface area (Å²) in [6.45, 7) is 2.93. The van der Waals surface area contributed by atoms with E-state index < -0.39 is 0 Å². The van der Waals surface area contributed by atoms with Gasteiger partial charge in [0.15, 0.2) is 0 Å². The fraction of sp³-hybridized carbons (Fsp3) is 0.500. The van der Waals surface area contributed by atoms with Crippen molar-refractivity contribution in [2.24, 2.45) is 10.9 Å². The van der Waals surface area contributed by atoms with Crippen molar-refractivity contribution in [3.05, 3.63) is 35.9 Å². The average Bonchev–Trinajstić information content (AvgIpc) is 2.37. The van der Waals surface area contributed by atoms with Crippen LogP contribution in [0.25, 0.3) is 0 Å². The van der Waals surface area contributed by atoms with Gasteiger partial charge in [-0.05, 0) is 31.7 Å². The van der Waals surface area contributed by atoms with Crippen LogP contribution in [0.4, 0.5) is 0 Å². The van der Waals surface area contributed by atoms with Gasteiger partial charge in [0, 0.05) is 12.1 Å². The minimum Gasteiger partial charge on any atom is -0.409 e. The van der Waals surface area contributed by atoms with E-state index in [1.807, 2.05) is 30.3 Å². The molecule has 0 aliphatic heterocycles. The van der Waals surface area contributed by atoms with E-state index in [1.54, 1.807) is 0 Å². The van der Waals surface area contributed by atoms with Crippen LogP contribution in [0.5, 0.6) is 0 Å². The summed E-state index contributed by atoms with van der Waals surface area (Å²) in [6, 6.07) is 9.92. The molecule has 4 heteroatoms. The topological polar surface area (TPSA) is 70.6 Å². The SMILES string of the molecule is CC1(NCC(/C(N)=N/O)c2ccccc2)CCC1. The molecule has 1 aromatic rings. The standard InChI is InChI=1S/C14H21N3O/c1-14(8-5-9-14)16-10-12(13(15)17-18)11-6-3-2-4-7-11/h2-4,6-7,12,16,18H,5,8-10H2,1H3,(H2,15,17). The number of nitrogens with two attached hydrogens (primary N) is 1. The predicted octanol–water partition coefficient (Wildman–Crippen LogP) is 2.05. The Morgan fingerprint density at radius 2 is 2.11 bits per heavy atom. The zero-order valence-electron chi connectivity index (χ0n) is 10.8. The van der Waals surface area contributed by atoms with Gasteiger partial charge in [0.1, 0.15) is 5.84 Å². The summed E-state index contributed by atoms with van der Waals surface area (Å²) in [5.74, 6) is 0.185. The molecule has 0 radical (unpaired) electrons. The zero-order valence-corrected chi connectivity index (χ0v) is 10.8. The van der Waals surface area contributed by atoms with E-state index in [2.05, 4.69) is 17.4 Å². The van der Waals surface area contributed by atoms with Gasteiger partial charge in [-0.3, -0.25) is 0 Å². The lowest BCUT2D eigenvalue weighted by molar-refractivity contribution is 0.208. The number of hydrogen-bond acceptors (Lipinski definition) is 3. The van der Waals surface area contributed by atoms with Crippen LogP contribution < -0.4 is 11.1 Å². The molecule has 1 unspecified atom stereocenters. The Bertz CT molecular complexity index is 412. The smallest absolute Gasteiger partial charge is 0.147 e. The molecule has 4 nitrogen and oxygen atoms in total. The Hall–Kier alpha value is -1.55. The molecule has 2 rings (SSSR count). The van der Waals surface area contributed by atoms with Gasteiger partial charge in [0.25, 0.3) is 0 Å². The lowest BCUT2D eigenvalue weighted by Gasteiger charge is -2.40. The Kier molecular flexibility index (Phi) is 3.87. The Labute approximate surface area is 108 Å². The second kappa shape index (κ2) is 5.40. The van der Waals surface area contributed by atoms with Gasteiger partial charge in [0.2, 0.25) is 0 Å². The summed E-state index contributed by atoms with van der Waals surface area (Å²) in [4.78, 5) is 0. The molecule has 1 fully saturated rings. The minimum atomic E-state index is -0.0753. The Morgan fingerprint density at radius 3 is 2.61 bits per heavy atom. The van der Waals surface area contributed by atoms with Crippen molar-refractivity contribution in [3.8, 4) is 0 Å². The molecular formula is C14H21N3O. The van der Waals surface area contributed by atoms with E-state index in [0.717, 1.165) is 5.56 Å². The number of oxime groups is 1. The first-order valence-corrected chi connectivity index (χ1v) is 6.42. The minimum absolute atomic E-state index is 0.0753. The first-order chi connectivity index (χ1) is 8.64. The maximum Gasteiger partial charge on any atom is 0.147 e. The molecule has 0 aromatic heterocycles. The third-order valence-electron chi connectivity index (χ3n) is 3.86. The maximum absolute atomic E-state index is 8.90. The van der Waals surface area contributed by atoms with Gasteiger partial charge in [-0.25, -0.2) is 0 Å². The molecule has 1 aliphatic carbocycles. The summed E-state index contributed by atoms with van der Waals surface area (Å²) < 4.78 is 0. The second-order valence-corrected chi connectivity index (χ2v) is 5.28. The monoisotopic (exact) mass is 247 g/mol. The van der Waals surface area contributed by atoms with Crippen LogP contribution in [0, 0.1) is 0 Å². The highest BCUT2D eigenvalue weighted by Gasteiger charge is 2.32. The summed E-state index contributed by atoms with van der Waals surface area (Å²) >= 11 is 0. The van der Waals surface area contributed by atoms with Crippen LogP contribution in [-0.2, 0) is 0 Å². The van der Waals surface area contributed by atoms with Crippen molar-refractivity contribution in [2.45, 2.75) is 37.6 Å². The van der Waals surface area contributed by atoms with Crippen LogP contribution in [0.15, 0.2) is 35.5 Å². The van der Waals surface area contributed by atoms with Crippen molar-refractivity contribution in [1.29, 1.82) is 0 Å². The van der Waals surface area contributed by atoms with Crippen molar-refractivity contribution in [2.75, 3.05) is 6.54 Å². The molecule has 1 atom stereocenters. The summed E-state index contributed by atoms with van der Waals surface area (Å²) in [5.41, 5.74) is 7.10. The molecule has 4 N–H and O–H groups in total. The molecule has 1 aromatic carbocycles. The lowest BCUT2D eigenvalue weighted by atomic mass is 9.78. The molecule has 18 heavy (non-hydrogen) atoms. The number of nitrogens with zero attached hydrogens (tertiary/aromatic N) is 1. The maximum atomic E-state index is 8.90. The first kappa shape index (κ1) is 12.9. The van der Waals surface area contributed by atoms with E-state index >= 15 is 0 Å². The number of amidine groups is 1. The summed E-state index contributed by atoms with van der Waals surface area (Å²) in [5, 5.41) is 15.6. The van der Waals surface area contributed by atoms with Crippen LogP contribution in [0.1, 0.15) is 37.7 Å². The molecule has 1 saturated carbocycles. The van der Waals surface area contributed by atoms with E-state index in [0.29, 0.717) is 6.54 Å². The predicted molar refractivity (Wildman–Crippen MR) is 72.9 cm³/mol. The van der Waals surface area contributed by atoms with Crippen LogP contribution in [0.3, 0.4) is 0 Å². The van der Waals surface area contributed by atoms with E-state index in [-0.39, 0.29) is 17.3 Å². The number of hydrogen-bond donors (Lipinski definition) is 3. The highest BCUT2D eigenvalue weighted by Crippen LogP contribution is 2.31. The molecule has 98 valence electrons. The molecule has 0 saturated heterocycles.